The summed E-state index contributed by atoms with van der Waals surface area (Å²) in [5, 5.41) is 21.3. The fraction of sp³-hybridized carbons (Fsp3) is 0. The zero-order valence-electron chi connectivity index (χ0n) is 12.4. The first kappa shape index (κ1) is 16.9. The number of oxazole rings is 1. The Hall–Kier alpha value is -2.90. The van der Waals surface area contributed by atoms with E-state index >= 15 is 0 Å². The average Bonchev–Trinajstić information content (AvgIpc) is 2.95. The highest BCUT2D eigenvalue weighted by atomic mass is 35.5. The zero-order valence-corrected chi connectivity index (χ0v) is 13.9. The molecule has 0 amide bonds. The summed E-state index contributed by atoms with van der Waals surface area (Å²) < 4.78 is 5.17. The molecule has 0 fully saturated rings. The van der Waals surface area contributed by atoms with Gasteiger partial charge >= 0.3 is 5.95 Å². The van der Waals surface area contributed by atoms with Crippen molar-refractivity contribution in [3.05, 3.63) is 68.3 Å². The number of benzene rings is 2. The lowest BCUT2D eigenvalue weighted by Gasteiger charge is -1.97. The fourth-order valence-electron chi connectivity index (χ4n) is 1.97. The number of nitrogens with zero attached hydrogens (tertiary/aromatic N) is 3. The molecule has 0 radical (unpaired) electrons. The van der Waals surface area contributed by atoms with Crippen LogP contribution in [-0.2, 0) is 0 Å². The molecule has 9 heteroatoms. The van der Waals surface area contributed by atoms with Crippen molar-refractivity contribution in [2.24, 2.45) is 4.99 Å². The zero-order chi connectivity index (χ0) is 18.0. The standard InChI is InChI=1S/C16H9Cl2N3O4/c17-10-3-6-13(12(18)7-10)19-8-14-16(22)25-15(20-14)9-1-4-11(5-2-9)21(23)24/h1-8,22H. The molecule has 0 bridgehead atoms. The highest BCUT2D eigenvalue weighted by Gasteiger charge is 2.14. The van der Waals surface area contributed by atoms with Gasteiger partial charge in [-0.05, 0) is 30.3 Å². The van der Waals surface area contributed by atoms with E-state index in [1.54, 1.807) is 18.2 Å². The Balaban J connectivity index is 1.87. The molecular formula is C16H9Cl2N3O4. The third kappa shape index (κ3) is 3.78. The van der Waals surface area contributed by atoms with E-state index in [0.717, 1.165) is 0 Å². The molecule has 3 aromatic rings. The first-order chi connectivity index (χ1) is 11.9. The Morgan fingerprint density at radius 1 is 1.20 bits per heavy atom. The van der Waals surface area contributed by atoms with Crippen LogP contribution in [0, 0.1) is 10.1 Å². The van der Waals surface area contributed by atoms with E-state index in [1.807, 2.05) is 0 Å². The van der Waals surface area contributed by atoms with Gasteiger partial charge in [0.05, 0.1) is 21.8 Å². The molecule has 0 spiro atoms. The summed E-state index contributed by atoms with van der Waals surface area (Å²) >= 11 is 11.8. The Kier molecular flexibility index (Phi) is 4.69. The molecule has 0 unspecified atom stereocenters. The third-order valence-corrected chi connectivity index (χ3v) is 3.73. The highest BCUT2D eigenvalue weighted by Crippen LogP contribution is 2.30. The first-order valence-corrected chi connectivity index (χ1v) is 7.63. The van der Waals surface area contributed by atoms with Crippen molar-refractivity contribution >= 4 is 40.8 Å². The van der Waals surface area contributed by atoms with Crippen molar-refractivity contribution in [3.8, 4) is 17.4 Å². The monoisotopic (exact) mass is 377 g/mol. The molecule has 1 N–H and O–H groups in total. The second kappa shape index (κ2) is 6.92. The van der Waals surface area contributed by atoms with Crippen LogP contribution in [0.5, 0.6) is 5.95 Å². The van der Waals surface area contributed by atoms with Gasteiger partial charge in [-0.2, -0.15) is 0 Å². The van der Waals surface area contributed by atoms with Crippen molar-refractivity contribution in [1.82, 2.24) is 4.98 Å². The smallest absolute Gasteiger partial charge is 0.312 e. The second-order valence-electron chi connectivity index (χ2n) is 4.87. The molecule has 0 aliphatic heterocycles. The largest absolute Gasteiger partial charge is 0.479 e. The van der Waals surface area contributed by atoms with Gasteiger partial charge in [0.2, 0.25) is 5.89 Å². The Morgan fingerprint density at radius 2 is 1.92 bits per heavy atom. The number of aromatic nitrogens is 1. The maximum atomic E-state index is 10.7. The van der Waals surface area contributed by atoms with Crippen LogP contribution in [0.3, 0.4) is 0 Å². The summed E-state index contributed by atoms with van der Waals surface area (Å²) in [6, 6.07) is 10.4. The SMILES string of the molecule is O=[N+]([O-])c1ccc(-c2nc(C=Nc3ccc(Cl)cc3Cl)c(O)o2)cc1. The van der Waals surface area contributed by atoms with Gasteiger partial charge in [0.15, 0.2) is 5.69 Å². The number of aromatic hydroxyl groups is 1. The maximum absolute atomic E-state index is 10.7. The lowest BCUT2D eigenvalue weighted by atomic mass is 10.2. The van der Waals surface area contributed by atoms with E-state index < -0.39 is 10.9 Å². The second-order valence-corrected chi connectivity index (χ2v) is 5.71. The molecule has 0 saturated carbocycles. The lowest BCUT2D eigenvalue weighted by Crippen LogP contribution is -1.87. The van der Waals surface area contributed by atoms with Crippen LogP contribution in [0.2, 0.25) is 10.0 Å². The molecule has 0 atom stereocenters. The van der Waals surface area contributed by atoms with Crippen LogP contribution >= 0.6 is 23.2 Å². The van der Waals surface area contributed by atoms with Crippen molar-refractivity contribution in [3.63, 3.8) is 0 Å². The Bertz CT molecular complexity index is 968. The average molecular weight is 378 g/mol. The number of non-ortho nitro benzene ring substituents is 1. The topological polar surface area (TPSA) is 102 Å². The molecule has 3 rings (SSSR count). The molecule has 0 saturated heterocycles. The highest BCUT2D eigenvalue weighted by molar-refractivity contribution is 6.36. The van der Waals surface area contributed by atoms with Gasteiger partial charge < -0.3 is 9.52 Å². The van der Waals surface area contributed by atoms with Gasteiger partial charge in [0, 0.05) is 22.7 Å². The molecule has 0 aliphatic carbocycles. The van der Waals surface area contributed by atoms with Crippen LogP contribution in [0.25, 0.3) is 11.5 Å². The van der Waals surface area contributed by atoms with E-state index in [9.17, 15) is 15.2 Å². The minimum atomic E-state index is -0.509. The maximum Gasteiger partial charge on any atom is 0.312 e. The van der Waals surface area contributed by atoms with Gasteiger partial charge in [0.1, 0.15) is 0 Å². The minimum Gasteiger partial charge on any atom is -0.479 e. The Morgan fingerprint density at radius 3 is 2.56 bits per heavy atom. The van der Waals surface area contributed by atoms with Crippen molar-refractivity contribution < 1.29 is 14.4 Å². The number of hydrogen-bond acceptors (Lipinski definition) is 6. The van der Waals surface area contributed by atoms with E-state index in [1.165, 1.54) is 30.5 Å². The molecular weight excluding hydrogens is 369 g/mol. The Labute approximate surface area is 151 Å². The van der Waals surface area contributed by atoms with Crippen LogP contribution in [-0.4, -0.2) is 21.2 Å². The molecule has 0 aliphatic rings. The van der Waals surface area contributed by atoms with E-state index in [2.05, 4.69) is 9.98 Å². The first-order valence-electron chi connectivity index (χ1n) is 6.88. The van der Waals surface area contributed by atoms with Crippen molar-refractivity contribution in [2.45, 2.75) is 0 Å². The third-order valence-electron chi connectivity index (χ3n) is 3.20. The molecule has 126 valence electrons. The number of aliphatic imine (C=N–C) groups is 1. The number of nitro groups is 1. The predicted octanol–water partition coefficient (Wildman–Crippen LogP) is 5.01. The number of hydrogen-bond donors (Lipinski definition) is 1. The van der Waals surface area contributed by atoms with Crippen molar-refractivity contribution in [2.75, 3.05) is 0 Å². The quantitative estimate of drug-likeness (QED) is 0.390. The number of rotatable bonds is 4. The normalized spacial score (nSPS) is 11.1. The van der Waals surface area contributed by atoms with E-state index in [-0.39, 0.29) is 17.3 Å². The molecule has 7 nitrogen and oxygen atoms in total. The van der Waals surface area contributed by atoms with Crippen LogP contribution in [0.4, 0.5) is 11.4 Å². The van der Waals surface area contributed by atoms with Gasteiger partial charge in [-0.15, -0.1) is 0 Å². The van der Waals surface area contributed by atoms with Crippen LogP contribution in [0.15, 0.2) is 51.9 Å². The molecule has 1 aromatic heterocycles. The van der Waals surface area contributed by atoms with Crippen LogP contribution in [0.1, 0.15) is 5.69 Å². The summed E-state index contributed by atoms with van der Waals surface area (Å²) in [5.41, 5.74) is 0.966. The lowest BCUT2D eigenvalue weighted by molar-refractivity contribution is -0.384. The summed E-state index contributed by atoms with van der Waals surface area (Å²) in [4.78, 5) is 18.4. The minimum absolute atomic E-state index is 0.0568. The molecule has 25 heavy (non-hydrogen) atoms. The summed E-state index contributed by atoms with van der Waals surface area (Å²) in [5.74, 6) is -0.321. The van der Waals surface area contributed by atoms with Crippen molar-refractivity contribution in [1.29, 1.82) is 0 Å². The van der Waals surface area contributed by atoms with Gasteiger partial charge in [-0.3, -0.25) is 15.1 Å². The van der Waals surface area contributed by atoms with E-state index in [0.29, 0.717) is 21.3 Å². The number of halogens is 2. The fourth-order valence-corrected chi connectivity index (χ4v) is 2.43. The summed E-state index contributed by atoms with van der Waals surface area (Å²) in [6.07, 6.45) is 1.29. The molecule has 1 heterocycles. The van der Waals surface area contributed by atoms with Crippen LogP contribution < -0.4 is 0 Å². The van der Waals surface area contributed by atoms with Gasteiger partial charge in [-0.25, -0.2) is 4.98 Å². The summed E-state index contributed by atoms with van der Waals surface area (Å²) in [6.45, 7) is 0. The predicted molar refractivity (Wildman–Crippen MR) is 94.0 cm³/mol. The number of nitro benzene ring substituents is 1. The van der Waals surface area contributed by atoms with E-state index in [4.69, 9.17) is 27.6 Å². The van der Waals surface area contributed by atoms with Gasteiger partial charge in [-0.1, -0.05) is 23.2 Å². The molecule has 2 aromatic carbocycles. The van der Waals surface area contributed by atoms with Gasteiger partial charge in [0.25, 0.3) is 5.69 Å². The summed E-state index contributed by atoms with van der Waals surface area (Å²) in [7, 11) is 0.